The first-order chi connectivity index (χ1) is 10.9. The van der Waals surface area contributed by atoms with E-state index in [1.807, 2.05) is 6.92 Å². The molecule has 0 aliphatic carbocycles. The highest BCUT2D eigenvalue weighted by Gasteiger charge is 2.23. The number of nitrogens with one attached hydrogen (secondary N) is 2. The van der Waals surface area contributed by atoms with Gasteiger partial charge in [0.05, 0.1) is 16.0 Å². The lowest BCUT2D eigenvalue weighted by Crippen LogP contribution is -2.26. The molecular formula is C16H12ClFN2O2S. The predicted octanol–water partition coefficient (Wildman–Crippen LogP) is 4.16. The maximum Gasteiger partial charge on any atom is 0.255 e. The van der Waals surface area contributed by atoms with Gasteiger partial charge in [0.1, 0.15) is 5.82 Å². The zero-order chi connectivity index (χ0) is 16.6. The van der Waals surface area contributed by atoms with Crippen molar-refractivity contribution in [2.75, 3.05) is 10.6 Å². The van der Waals surface area contributed by atoms with Crippen molar-refractivity contribution in [1.29, 1.82) is 0 Å². The normalized spacial score (nSPS) is 16.5. The molecule has 2 N–H and O–H groups in total. The average molecular weight is 351 g/mol. The molecule has 2 aromatic carbocycles. The van der Waals surface area contributed by atoms with E-state index in [1.54, 1.807) is 18.2 Å². The molecular weight excluding hydrogens is 339 g/mol. The molecule has 4 nitrogen and oxygen atoms in total. The molecule has 23 heavy (non-hydrogen) atoms. The van der Waals surface area contributed by atoms with Crippen LogP contribution in [-0.2, 0) is 4.79 Å². The molecule has 2 aromatic rings. The van der Waals surface area contributed by atoms with Crippen LogP contribution in [0.25, 0.3) is 0 Å². The van der Waals surface area contributed by atoms with E-state index in [0.717, 1.165) is 4.90 Å². The van der Waals surface area contributed by atoms with E-state index >= 15 is 0 Å². The summed E-state index contributed by atoms with van der Waals surface area (Å²) in [6.45, 7) is 1.82. The number of thioether (sulfide) groups is 1. The molecule has 2 amide bonds. The molecule has 118 valence electrons. The third-order valence-corrected chi connectivity index (χ3v) is 4.82. The number of fused-ring (bicyclic) bond motifs is 1. The van der Waals surface area contributed by atoms with Gasteiger partial charge >= 0.3 is 0 Å². The Morgan fingerprint density at radius 1 is 1.30 bits per heavy atom. The number of hydrogen-bond donors (Lipinski definition) is 2. The molecule has 3 rings (SSSR count). The number of hydrogen-bond acceptors (Lipinski definition) is 3. The number of anilines is 2. The fraction of sp³-hybridized carbons (Fsp3) is 0.125. The Bertz CT molecular complexity index is 813. The third-order valence-electron chi connectivity index (χ3n) is 3.35. The van der Waals surface area contributed by atoms with E-state index < -0.39 is 5.82 Å². The number of benzene rings is 2. The summed E-state index contributed by atoms with van der Waals surface area (Å²) in [6.07, 6.45) is 0. The molecule has 0 spiro atoms. The van der Waals surface area contributed by atoms with Crippen molar-refractivity contribution in [1.82, 2.24) is 0 Å². The molecule has 0 saturated carbocycles. The summed E-state index contributed by atoms with van der Waals surface area (Å²) < 4.78 is 13.1. The summed E-state index contributed by atoms with van der Waals surface area (Å²) in [7, 11) is 0. The van der Waals surface area contributed by atoms with Gasteiger partial charge in [-0.1, -0.05) is 11.6 Å². The molecule has 0 aromatic heterocycles. The van der Waals surface area contributed by atoms with E-state index in [9.17, 15) is 14.0 Å². The predicted molar refractivity (Wildman–Crippen MR) is 89.8 cm³/mol. The van der Waals surface area contributed by atoms with Crippen LogP contribution in [-0.4, -0.2) is 17.1 Å². The Kier molecular flexibility index (Phi) is 4.28. The number of halogens is 2. The number of carbonyl (C=O) groups excluding carboxylic acids is 2. The topological polar surface area (TPSA) is 58.2 Å². The minimum Gasteiger partial charge on any atom is -0.324 e. The first kappa shape index (κ1) is 15.8. The second-order valence-electron chi connectivity index (χ2n) is 5.04. The zero-order valence-electron chi connectivity index (χ0n) is 12.0. The van der Waals surface area contributed by atoms with Crippen molar-refractivity contribution in [2.24, 2.45) is 0 Å². The van der Waals surface area contributed by atoms with E-state index in [4.69, 9.17) is 11.6 Å². The van der Waals surface area contributed by atoms with Crippen LogP contribution < -0.4 is 10.6 Å². The van der Waals surface area contributed by atoms with E-state index in [1.165, 1.54) is 30.0 Å². The first-order valence-corrected chi connectivity index (χ1v) is 8.08. The van der Waals surface area contributed by atoms with Crippen LogP contribution in [0.5, 0.6) is 0 Å². The second-order valence-corrected chi connectivity index (χ2v) is 6.83. The molecule has 1 unspecified atom stereocenters. The minimum atomic E-state index is -0.549. The molecule has 0 bridgehead atoms. The van der Waals surface area contributed by atoms with E-state index in [2.05, 4.69) is 10.6 Å². The Morgan fingerprint density at radius 3 is 2.83 bits per heavy atom. The van der Waals surface area contributed by atoms with Crippen molar-refractivity contribution in [3.05, 3.63) is 52.8 Å². The van der Waals surface area contributed by atoms with Gasteiger partial charge in [-0.3, -0.25) is 9.59 Å². The molecule has 0 radical (unpaired) electrons. The highest BCUT2D eigenvalue weighted by molar-refractivity contribution is 8.00. The third kappa shape index (κ3) is 3.33. The molecule has 7 heteroatoms. The number of rotatable bonds is 2. The molecule has 1 aliphatic heterocycles. The quantitative estimate of drug-likeness (QED) is 0.854. The van der Waals surface area contributed by atoms with E-state index in [-0.39, 0.29) is 22.1 Å². The minimum absolute atomic E-state index is 0.0640. The molecule has 1 atom stereocenters. The Labute approximate surface area is 141 Å². The highest BCUT2D eigenvalue weighted by Crippen LogP contribution is 2.36. The van der Waals surface area contributed by atoms with Gasteiger partial charge in [0.25, 0.3) is 5.91 Å². The highest BCUT2D eigenvalue weighted by atomic mass is 35.5. The first-order valence-electron chi connectivity index (χ1n) is 6.82. The van der Waals surface area contributed by atoms with Gasteiger partial charge in [-0.05, 0) is 43.3 Å². The van der Waals surface area contributed by atoms with Gasteiger partial charge in [0.2, 0.25) is 5.91 Å². The number of amides is 2. The van der Waals surface area contributed by atoms with Crippen LogP contribution in [0.2, 0.25) is 5.02 Å². The van der Waals surface area contributed by atoms with Gasteiger partial charge in [-0.15, -0.1) is 11.8 Å². The van der Waals surface area contributed by atoms with Crippen LogP contribution in [0, 0.1) is 5.82 Å². The summed E-state index contributed by atoms with van der Waals surface area (Å²) in [5.74, 6) is -1.01. The van der Waals surface area contributed by atoms with Crippen LogP contribution in [0.1, 0.15) is 17.3 Å². The van der Waals surface area contributed by atoms with Crippen molar-refractivity contribution in [3.8, 4) is 0 Å². The van der Waals surface area contributed by atoms with Crippen molar-refractivity contribution < 1.29 is 14.0 Å². The van der Waals surface area contributed by atoms with Crippen molar-refractivity contribution in [3.63, 3.8) is 0 Å². The molecule has 1 heterocycles. The molecule has 0 fully saturated rings. The smallest absolute Gasteiger partial charge is 0.255 e. The average Bonchev–Trinajstić information content (AvgIpc) is 2.51. The van der Waals surface area contributed by atoms with Crippen molar-refractivity contribution in [2.45, 2.75) is 17.1 Å². The summed E-state index contributed by atoms with van der Waals surface area (Å²) in [5.41, 5.74) is 1.40. The fourth-order valence-corrected chi connectivity index (χ4v) is 3.24. The standard InChI is InChI=1S/C16H12ClFN2O2S/c1-8-15(21)20-13-6-9(2-5-14(13)23-8)16(22)19-10-3-4-12(18)11(17)7-10/h2-8H,1H3,(H,19,22)(H,20,21). The van der Waals surface area contributed by atoms with Gasteiger partial charge in [0.15, 0.2) is 0 Å². The lowest BCUT2D eigenvalue weighted by atomic mass is 10.1. The molecule has 0 saturated heterocycles. The van der Waals surface area contributed by atoms with Gasteiger partial charge in [-0.2, -0.15) is 0 Å². The maximum atomic E-state index is 13.1. The fourth-order valence-electron chi connectivity index (χ4n) is 2.13. The van der Waals surface area contributed by atoms with Crippen LogP contribution in [0.15, 0.2) is 41.3 Å². The van der Waals surface area contributed by atoms with Crippen LogP contribution in [0.3, 0.4) is 0 Å². The largest absolute Gasteiger partial charge is 0.324 e. The van der Waals surface area contributed by atoms with Crippen LogP contribution >= 0.6 is 23.4 Å². The zero-order valence-corrected chi connectivity index (χ0v) is 13.6. The van der Waals surface area contributed by atoms with E-state index in [0.29, 0.717) is 16.9 Å². The van der Waals surface area contributed by atoms with Gasteiger partial charge < -0.3 is 10.6 Å². The van der Waals surface area contributed by atoms with Gasteiger partial charge in [-0.25, -0.2) is 4.39 Å². The summed E-state index contributed by atoms with van der Waals surface area (Å²) in [5, 5.41) is 5.19. The SMILES string of the molecule is CC1Sc2ccc(C(=O)Nc3ccc(F)c(Cl)c3)cc2NC1=O. The Hall–Kier alpha value is -2.05. The maximum absolute atomic E-state index is 13.1. The monoisotopic (exact) mass is 350 g/mol. The lowest BCUT2D eigenvalue weighted by Gasteiger charge is -2.21. The van der Waals surface area contributed by atoms with Gasteiger partial charge in [0, 0.05) is 16.1 Å². The van der Waals surface area contributed by atoms with Crippen LogP contribution in [0.4, 0.5) is 15.8 Å². The summed E-state index contributed by atoms with van der Waals surface area (Å²) >= 11 is 7.14. The summed E-state index contributed by atoms with van der Waals surface area (Å²) in [6, 6.07) is 9.04. The Morgan fingerprint density at radius 2 is 2.09 bits per heavy atom. The second kappa shape index (κ2) is 6.22. The number of carbonyl (C=O) groups is 2. The van der Waals surface area contributed by atoms with Crippen molar-refractivity contribution >= 4 is 46.6 Å². The summed E-state index contributed by atoms with van der Waals surface area (Å²) in [4.78, 5) is 24.9. The Balaban J connectivity index is 1.81. The molecule has 1 aliphatic rings. The lowest BCUT2D eigenvalue weighted by molar-refractivity contribution is -0.115.